The summed E-state index contributed by atoms with van der Waals surface area (Å²) < 4.78 is 16.1. The summed E-state index contributed by atoms with van der Waals surface area (Å²) in [7, 11) is 0. The third-order valence-corrected chi connectivity index (χ3v) is 3.05. The van der Waals surface area contributed by atoms with Crippen molar-refractivity contribution in [3.8, 4) is 0 Å². The minimum Gasteiger partial charge on any atom is -0.465 e. The van der Waals surface area contributed by atoms with Crippen molar-refractivity contribution in [1.29, 1.82) is 0 Å². The molecule has 0 aliphatic rings. The molecule has 0 aliphatic heterocycles. The van der Waals surface area contributed by atoms with Gasteiger partial charge in [-0.25, -0.2) is 0 Å². The maximum Gasteiger partial charge on any atom is 0.326 e. The highest BCUT2D eigenvalue weighted by Gasteiger charge is 2.33. The van der Waals surface area contributed by atoms with Gasteiger partial charge in [-0.2, -0.15) is 0 Å². The molecule has 0 aromatic carbocycles. The summed E-state index contributed by atoms with van der Waals surface area (Å²) in [5, 5.41) is 3.26. The second kappa shape index (κ2) is 11.1. The zero-order valence-electron chi connectivity index (χ0n) is 13.7. The van der Waals surface area contributed by atoms with Gasteiger partial charge in [-0.1, -0.05) is 6.92 Å². The number of carbonyl (C=O) groups excluding carboxylic acids is 1. The van der Waals surface area contributed by atoms with Crippen molar-refractivity contribution < 1.29 is 19.0 Å². The minimum atomic E-state index is -0.683. The molecule has 0 saturated heterocycles. The van der Waals surface area contributed by atoms with Crippen LogP contribution in [0.5, 0.6) is 0 Å². The molecule has 0 rings (SSSR count). The third-order valence-electron chi connectivity index (χ3n) is 3.05. The van der Waals surface area contributed by atoms with Crippen LogP contribution in [0.15, 0.2) is 0 Å². The van der Waals surface area contributed by atoms with Crippen molar-refractivity contribution in [2.45, 2.75) is 59.1 Å². The predicted molar refractivity (Wildman–Crippen MR) is 79.9 cm³/mol. The van der Waals surface area contributed by atoms with E-state index in [2.05, 4.69) is 12.2 Å². The first-order chi connectivity index (χ1) is 9.50. The normalized spacial score (nSPS) is 15.7. The van der Waals surface area contributed by atoms with Crippen molar-refractivity contribution in [3.05, 3.63) is 0 Å². The Kier molecular flexibility index (Phi) is 10.7. The molecule has 20 heavy (non-hydrogen) atoms. The van der Waals surface area contributed by atoms with Crippen LogP contribution in [0.2, 0.25) is 0 Å². The Morgan fingerprint density at radius 1 is 1.25 bits per heavy atom. The number of hydrogen-bond acceptors (Lipinski definition) is 5. The summed E-state index contributed by atoms with van der Waals surface area (Å²) in [6.45, 7) is 12.6. The van der Waals surface area contributed by atoms with E-state index in [-0.39, 0.29) is 12.1 Å². The number of hydrogen-bond donors (Lipinski definition) is 1. The molecule has 5 nitrogen and oxygen atoms in total. The van der Waals surface area contributed by atoms with Gasteiger partial charge in [0.1, 0.15) is 5.54 Å². The van der Waals surface area contributed by atoms with Gasteiger partial charge >= 0.3 is 5.97 Å². The van der Waals surface area contributed by atoms with E-state index in [1.807, 2.05) is 27.7 Å². The summed E-state index contributed by atoms with van der Waals surface area (Å²) in [5.41, 5.74) is -0.683. The molecule has 0 aromatic heterocycles. The molecular weight excluding hydrogens is 258 g/mol. The molecule has 0 aromatic rings. The molecule has 5 heteroatoms. The van der Waals surface area contributed by atoms with E-state index < -0.39 is 5.54 Å². The van der Waals surface area contributed by atoms with Gasteiger partial charge in [0.2, 0.25) is 0 Å². The summed E-state index contributed by atoms with van der Waals surface area (Å²) in [5.74, 6) is -0.213. The topological polar surface area (TPSA) is 56.8 Å². The maximum atomic E-state index is 12.1. The first-order valence-electron chi connectivity index (χ1n) is 7.61. The van der Waals surface area contributed by atoms with Crippen LogP contribution < -0.4 is 5.32 Å². The fourth-order valence-electron chi connectivity index (χ4n) is 1.75. The SMILES string of the molecule is CCCNC(C)(CCOC(C)COCC)C(=O)OCC. The number of esters is 1. The van der Waals surface area contributed by atoms with Crippen molar-refractivity contribution in [2.75, 3.05) is 33.0 Å². The van der Waals surface area contributed by atoms with Crippen LogP contribution in [0, 0.1) is 0 Å². The van der Waals surface area contributed by atoms with E-state index in [1.165, 1.54) is 0 Å². The van der Waals surface area contributed by atoms with Crippen LogP contribution in [-0.4, -0.2) is 50.6 Å². The van der Waals surface area contributed by atoms with Gasteiger partial charge < -0.3 is 19.5 Å². The van der Waals surface area contributed by atoms with Crippen molar-refractivity contribution in [3.63, 3.8) is 0 Å². The van der Waals surface area contributed by atoms with Gasteiger partial charge in [-0.3, -0.25) is 4.79 Å². The maximum absolute atomic E-state index is 12.1. The Hall–Kier alpha value is -0.650. The van der Waals surface area contributed by atoms with E-state index >= 15 is 0 Å². The molecule has 0 heterocycles. The standard InChI is InChI=1S/C15H31NO4/c1-6-10-16-15(5,14(17)19-8-3)9-11-20-13(4)12-18-7-2/h13,16H,6-12H2,1-5H3. The van der Waals surface area contributed by atoms with E-state index in [0.717, 1.165) is 13.0 Å². The molecule has 0 bridgehead atoms. The highest BCUT2D eigenvalue weighted by Crippen LogP contribution is 2.13. The van der Waals surface area contributed by atoms with Gasteiger partial charge in [-0.15, -0.1) is 0 Å². The van der Waals surface area contributed by atoms with Crippen molar-refractivity contribution >= 4 is 5.97 Å². The number of nitrogens with one attached hydrogen (secondary N) is 1. The largest absolute Gasteiger partial charge is 0.465 e. The fourth-order valence-corrected chi connectivity index (χ4v) is 1.75. The molecule has 0 saturated carbocycles. The summed E-state index contributed by atoms with van der Waals surface area (Å²) in [4.78, 5) is 12.1. The Bertz CT molecular complexity index is 260. The van der Waals surface area contributed by atoms with Crippen molar-refractivity contribution in [1.82, 2.24) is 5.32 Å². The predicted octanol–water partition coefficient (Wildman–Crippen LogP) is 2.14. The summed E-state index contributed by atoms with van der Waals surface area (Å²) >= 11 is 0. The average Bonchev–Trinajstić information content (AvgIpc) is 2.43. The molecule has 0 fully saturated rings. The Labute approximate surface area is 123 Å². The lowest BCUT2D eigenvalue weighted by atomic mass is 9.98. The lowest BCUT2D eigenvalue weighted by molar-refractivity contribution is -0.151. The molecular formula is C15H31NO4. The second-order valence-electron chi connectivity index (χ2n) is 5.07. The third kappa shape index (κ3) is 7.82. The zero-order valence-corrected chi connectivity index (χ0v) is 13.7. The van der Waals surface area contributed by atoms with E-state index in [0.29, 0.717) is 32.8 Å². The second-order valence-corrected chi connectivity index (χ2v) is 5.07. The monoisotopic (exact) mass is 289 g/mol. The average molecular weight is 289 g/mol. The van der Waals surface area contributed by atoms with Gasteiger partial charge in [0, 0.05) is 13.2 Å². The lowest BCUT2D eigenvalue weighted by Crippen LogP contribution is -2.51. The van der Waals surface area contributed by atoms with Crippen LogP contribution >= 0.6 is 0 Å². The molecule has 0 spiro atoms. The first-order valence-corrected chi connectivity index (χ1v) is 7.61. The van der Waals surface area contributed by atoms with Gasteiger partial charge in [0.25, 0.3) is 0 Å². The Morgan fingerprint density at radius 2 is 1.95 bits per heavy atom. The quantitative estimate of drug-likeness (QED) is 0.558. The van der Waals surface area contributed by atoms with Crippen LogP contribution in [0.3, 0.4) is 0 Å². The van der Waals surface area contributed by atoms with Crippen molar-refractivity contribution in [2.24, 2.45) is 0 Å². The highest BCUT2D eigenvalue weighted by atomic mass is 16.5. The first kappa shape index (κ1) is 19.4. The van der Waals surface area contributed by atoms with Crippen LogP contribution in [0.4, 0.5) is 0 Å². The number of carbonyl (C=O) groups is 1. The Balaban J connectivity index is 4.25. The fraction of sp³-hybridized carbons (Fsp3) is 0.933. The van der Waals surface area contributed by atoms with E-state index in [1.54, 1.807) is 0 Å². The van der Waals surface area contributed by atoms with E-state index in [9.17, 15) is 4.79 Å². The molecule has 0 aliphatic carbocycles. The smallest absolute Gasteiger partial charge is 0.326 e. The molecule has 2 atom stereocenters. The van der Waals surface area contributed by atoms with Crippen LogP contribution in [-0.2, 0) is 19.0 Å². The van der Waals surface area contributed by atoms with Gasteiger partial charge in [0.05, 0.1) is 19.3 Å². The molecule has 1 N–H and O–H groups in total. The number of rotatable bonds is 12. The molecule has 0 amide bonds. The highest BCUT2D eigenvalue weighted by molar-refractivity contribution is 5.80. The van der Waals surface area contributed by atoms with Gasteiger partial charge in [0.15, 0.2) is 0 Å². The molecule has 120 valence electrons. The molecule has 0 radical (unpaired) electrons. The Morgan fingerprint density at radius 3 is 2.50 bits per heavy atom. The van der Waals surface area contributed by atoms with Crippen LogP contribution in [0.1, 0.15) is 47.5 Å². The van der Waals surface area contributed by atoms with Crippen LogP contribution in [0.25, 0.3) is 0 Å². The molecule has 2 unspecified atom stereocenters. The minimum absolute atomic E-state index is 0.0348. The number of ether oxygens (including phenoxy) is 3. The lowest BCUT2D eigenvalue weighted by Gasteiger charge is -2.29. The summed E-state index contributed by atoms with van der Waals surface area (Å²) in [6.07, 6.45) is 1.59. The zero-order chi connectivity index (χ0) is 15.4. The van der Waals surface area contributed by atoms with E-state index in [4.69, 9.17) is 14.2 Å². The summed E-state index contributed by atoms with van der Waals surface area (Å²) in [6, 6.07) is 0. The van der Waals surface area contributed by atoms with Gasteiger partial charge in [-0.05, 0) is 47.1 Å².